The smallest absolute Gasteiger partial charge is 0.419 e. The molecule has 27 heavy (non-hydrogen) atoms. The maximum atomic E-state index is 12.9. The van der Waals surface area contributed by atoms with Gasteiger partial charge in [-0.1, -0.05) is 12.1 Å². The van der Waals surface area contributed by atoms with Gasteiger partial charge in [0.05, 0.1) is 17.5 Å². The molecule has 142 valence electrons. The highest BCUT2D eigenvalue weighted by molar-refractivity contribution is 7.89. The summed E-state index contributed by atoms with van der Waals surface area (Å²) in [5.41, 5.74) is 1.69. The Hall–Kier alpha value is -2.58. The minimum atomic E-state index is -3.78. The van der Waals surface area contributed by atoms with Gasteiger partial charge in [0.15, 0.2) is 5.58 Å². The van der Waals surface area contributed by atoms with Crippen LogP contribution >= 0.6 is 0 Å². The summed E-state index contributed by atoms with van der Waals surface area (Å²) in [6, 6.07) is 11.5. The summed E-state index contributed by atoms with van der Waals surface area (Å²) >= 11 is 0. The Morgan fingerprint density at radius 2 is 1.89 bits per heavy atom. The van der Waals surface area contributed by atoms with E-state index < -0.39 is 15.8 Å². The molecule has 1 heterocycles. The molecule has 1 N–H and O–H groups in total. The van der Waals surface area contributed by atoms with Crippen LogP contribution in [0.4, 0.5) is 0 Å². The van der Waals surface area contributed by atoms with E-state index in [1.54, 1.807) is 20.2 Å². The zero-order valence-electron chi connectivity index (χ0n) is 15.0. The van der Waals surface area contributed by atoms with Crippen molar-refractivity contribution in [3.8, 4) is 5.75 Å². The van der Waals surface area contributed by atoms with Gasteiger partial charge in [-0.3, -0.25) is 4.57 Å². The number of nitrogens with zero attached hydrogens (tertiary/aromatic N) is 1. The summed E-state index contributed by atoms with van der Waals surface area (Å²) in [6.45, 7) is 0. The molecule has 1 atom stereocenters. The van der Waals surface area contributed by atoms with Crippen LogP contribution in [0.25, 0.3) is 11.1 Å². The third-order valence-electron chi connectivity index (χ3n) is 4.92. The summed E-state index contributed by atoms with van der Waals surface area (Å²) in [5.74, 6) is 0.467. The molecule has 1 aromatic heterocycles. The van der Waals surface area contributed by atoms with E-state index in [0.29, 0.717) is 5.52 Å². The number of rotatable bonds is 6. The number of ether oxygens (including phenoxy) is 1. The van der Waals surface area contributed by atoms with Gasteiger partial charge >= 0.3 is 5.76 Å². The Morgan fingerprint density at radius 3 is 2.52 bits per heavy atom. The van der Waals surface area contributed by atoms with Gasteiger partial charge in [0.2, 0.25) is 10.0 Å². The van der Waals surface area contributed by atoms with Crippen LogP contribution < -0.4 is 15.2 Å². The van der Waals surface area contributed by atoms with E-state index >= 15 is 0 Å². The van der Waals surface area contributed by atoms with E-state index in [-0.39, 0.29) is 22.4 Å². The van der Waals surface area contributed by atoms with Gasteiger partial charge in [0, 0.05) is 19.2 Å². The van der Waals surface area contributed by atoms with Crippen LogP contribution in [0, 0.1) is 5.92 Å². The lowest BCUT2D eigenvalue weighted by atomic mass is 10.0. The molecule has 0 bridgehead atoms. The Labute approximate surface area is 156 Å². The van der Waals surface area contributed by atoms with Crippen molar-refractivity contribution >= 4 is 21.1 Å². The standard InChI is InChI=1S/C19H20N2O5S/c1-21-16-10-9-15(11-17(16)26-19(21)22)27(23,24)20-18(12-3-4-12)13-5-7-14(25-2)8-6-13/h5-12,18,20H,3-4H2,1-2H3. The van der Waals surface area contributed by atoms with Crippen LogP contribution in [0.5, 0.6) is 5.75 Å². The lowest BCUT2D eigenvalue weighted by Gasteiger charge is -2.19. The molecule has 0 amide bonds. The van der Waals surface area contributed by atoms with E-state index in [1.165, 1.54) is 16.7 Å². The van der Waals surface area contributed by atoms with Gasteiger partial charge < -0.3 is 9.15 Å². The molecule has 4 rings (SSSR count). The first-order chi connectivity index (χ1) is 12.9. The van der Waals surface area contributed by atoms with E-state index in [9.17, 15) is 13.2 Å². The molecule has 0 saturated heterocycles. The van der Waals surface area contributed by atoms with Gasteiger partial charge in [-0.2, -0.15) is 0 Å². The predicted octanol–water partition coefficient (Wildman–Crippen LogP) is 2.57. The van der Waals surface area contributed by atoms with Crippen LogP contribution in [-0.2, 0) is 17.1 Å². The summed E-state index contributed by atoms with van der Waals surface area (Å²) in [5, 5.41) is 0. The van der Waals surface area contributed by atoms with E-state index in [4.69, 9.17) is 9.15 Å². The van der Waals surface area contributed by atoms with Crippen LogP contribution in [0.2, 0.25) is 0 Å². The molecule has 8 heteroatoms. The number of aromatic nitrogens is 1. The number of nitrogens with one attached hydrogen (secondary N) is 1. The number of sulfonamides is 1. The molecule has 2 aromatic carbocycles. The molecule has 1 aliphatic carbocycles. The fourth-order valence-corrected chi connectivity index (χ4v) is 4.50. The minimum absolute atomic E-state index is 0.0727. The lowest BCUT2D eigenvalue weighted by molar-refractivity contribution is 0.414. The topological polar surface area (TPSA) is 90.5 Å². The molecule has 0 spiro atoms. The average Bonchev–Trinajstić information content (AvgIpc) is 3.46. The van der Waals surface area contributed by atoms with Crippen LogP contribution in [0.15, 0.2) is 56.6 Å². The zero-order chi connectivity index (χ0) is 19.2. The monoisotopic (exact) mass is 388 g/mol. The van der Waals surface area contributed by atoms with Gasteiger partial charge in [-0.15, -0.1) is 0 Å². The van der Waals surface area contributed by atoms with Gasteiger partial charge in [-0.25, -0.2) is 17.9 Å². The minimum Gasteiger partial charge on any atom is -0.497 e. The van der Waals surface area contributed by atoms with Crippen molar-refractivity contribution in [2.24, 2.45) is 13.0 Å². The first-order valence-corrected chi connectivity index (χ1v) is 10.1. The summed E-state index contributed by atoms with van der Waals surface area (Å²) in [7, 11) is -0.608. The molecular weight excluding hydrogens is 368 g/mol. The highest BCUT2D eigenvalue weighted by Crippen LogP contribution is 2.42. The van der Waals surface area contributed by atoms with Crippen LogP contribution in [0.1, 0.15) is 24.4 Å². The van der Waals surface area contributed by atoms with E-state index in [0.717, 1.165) is 24.2 Å². The predicted molar refractivity (Wildman–Crippen MR) is 100 cm³/mol. The molecule has 1 aliphatic rings. The van der Waals surface area contributed by atoms with Gasteiger partial charge in [0.1, 0.15) is 5.75 Å². The van der Waals surface area contributed by atoms with Crippen molar-refractivity contribution in [2.45, 2.75) is 23.8 Å². The number of hydrogen-bond donors (Lipinski definition) is 1. The maximum absolute atomic E-state index is 12.9. The summed E-state index contributed by atoms with van der Waals surface area (Å²) in [4.78, 5) is 11.7. The number of benzene rings is 2. The quantitative estimate of drug-likeness (QED) is 0.701. The first-order valence-electron chi connectivity index (χ1n) is 8.65. The molecule has 3 aromatic rings. The van der Waals surface area contributed by atoms with Crippen LogP contribution in [-0.4, -0.2) is 20.1 Å². The maximum Gasteiger partial charge on any atom is 0.419 e. The number of oxazole rings is 1. The Bertz CT molecular complexity index is 1140. The first kappa shape index (κ1) is 17.8. The lowest BCUT2D eigenvalue weighted by Crippen LogP contribution is -2.30. The Kier molecular flexibility index (Phi) is 4.32. The van der Waals surface area contributed by atoms with Crippen molar-refractivity contribution in [2.75, 3.05) is 7.11 Å². The zero-order valence-corrected chi connectivity index (χ0v) is 15.8. The normalized spacial score (nSPS) is 15.8. The van der Waals surface area contributed by atoms with E-state index in [1.807, 2.05) is 24.3 Å². The van der Waals surface area contributed by atoms with Crippen molar-refractivity contribution in [3.63, 3.8) is 0 Å². The van der Waals surface area contributed by atoms with Gasteiger partial charge in [-0.05, 0) is 48.6 Å². The second-order valence-electron chi connectivity index (χ2n) is 6.77. The SMILES string of the molecule is COc1ccc(C(NS(=O)(=O)c2ccc3c(c2)oc(=O)n3C)C2CC2)cc1. The van der Waals surface area contributed by atoms with Crippen molar-refractivity contribution < 1.29 is 17.6 Å². The third kappa shape index (κ3) is 3.38. The number of fused-ring (bicyclic) bond motifs is 1. The number of hydrogen-bond acceptors (Lipinski definition) is 5. The molecule has 0 aliphatic heterocycles. The van der Waals surface area contributed by atoms with Crippen LogP contribution in [0.3, 0.4) is 0 Å². The van der Waals surface area contributed by atoms with Crippen molar-refractivity contribution in [3.05, 3.63) is 58.6 Å². The Balaban J connectivity index is 1.66. The second kappa shape index (κ2) is 6.54. The molecule has 1 unspecified atom stereocenters. The third-order valence-corrected chi connectivity index (χ3v) is 6.36. The molecule has 1 saturated carbocycles. The summed E-state index contributed by atoms with van der Waals surface area (Å²) < 4.78 is 40.3. The van der Waals surface area contributed by atoms with Crippen molar-refractivity contribution in [1.82, 2.24) is 9.29 Å². The van der Waals surface area contributed by atoms with E-state index in [2.05, 4.69) is 4.72 Å². The largest absolute Gasteiger partial charge is 0.497 e. The Morgan fingerprint density at radius 1 is 1.19 bits per heavy atom. The molecule has 7 nitrogen and oxygen atoms in total. The number of aryl methyl sites for hydroxylation is 1. The molecule has 0 radical (unpaired) electrons. The summed E-state index contributed by atoms with van der Waals surface area (Å²) in [6.07, 6.45) is 1.96. The fourth-order valence-electron chi connectivity index (χ4n) is 3.19. The van der Waals surface area contributed by atoms with Crippen molar-refractivity contribution in [1.29, 1.82) is 0 Å². The highest BCUT2D eigenvalue weighted by atomic mass is 32.2. The fraction of sp³-hybridized carbons (Fsp3) is 0.316. The van der Waals surface area contributed by atoms with Gasteiger partial charge in [0.25, 0.3) is 0 Å². The molecular formula is C19H20N2O5S. The second-order valence-corrected chi connectivity index (χ2v) is 8.48. The number of methoxy groups -OCH3 is 1. The average molecular weight is 388 g/mol. The highest BCUT2D eigenvalue weighted by Gasteiger charge is 2.35. The molecule has 1 fully saturated rings.